The van der Waals surface area contributed by atoms with E-state index < -0.39 is 18.3 Å². The number of rotatable bonds is 2. The van der Waals surface area contributed by atoms with Gasteiger partial charge in [-0.05, 0) is 68.6 Å². The van der Waals surface area contributed by atoms with Crippen LogP contribution >= 0.6 is 0 Å². The molecule has 1 aliphatic carbocycles. The van der Waals surface area contributed by atoms with Gasteiger partial charge in [-0.2, -0.15) is 0 Å². The molecule has 1 saturated heterocycles. The number of fused-ring (bicyclic) bond motifs is 7. The first kappa shape index (κ1) is 22.0. The fourth-order valence-corrected chi connectivity index (χ4v) is 6.00. The maximum Gasteiger partial charge on any atom is 0.494 e. The molecule has 7 rings (SSSR count). The van der Waals surface area contributed by atoms with E-state index in [2.05, 4.69) is 119 Å². The van der Waals surface area contributed by atoms with Crippen LogP contribution in [0.2, 0.25) is 0 Å². The van der Waals surface area contributed by atoms with Crippen molar-refractivity contribution in [2.24, 2.45) is 0 Å². The zero-order chi connectivity index (χ0) is 25.0. The van der Waals surface area contributed by atoms with Crippen molar-refractivity contribution < 1.29 is 13.7 Å². The van der Waals surface area contributed by atoms with E-state index in [0.717, 1.165) is 33.2 Å². The van der Waals surface area contributed by atoms with Crippen LogP contribution in [-0.4, -0.2) is 22.9 Å². The summed E-state index contributed by atoms with van der Waals surface area (Å²) >= 11 is 0. The average molecular weight is 475 g/mol. The van der Waals surface area contributed by atoms with Crippen LogP contribution in [-0.2, 0) is 14.7 Å². The number of hydrogen-bond donors (Lipinski definition) is 0. The molecule has 1 fully saturated rings. The van der Waals surface area contributed by atoms with Crippen molar-refractivity contribution in [1.29, 1.82) is 0 Å². The van der Waals surface area contributed by atoms with Crippen molar-refractivity contribution in [2.75, 3.05) is 0 Å². The van der Waals surface area contributed by atoms with Gasteiger partial charge in [-0.15, -0.1) is 0 Å². The maximum absolute atomic E-state index is 6.64. The van der Waals surface area contributed by atoms with Crippen molar-refractivity contribution >= 4 is 34.7 Å². The van der Waals surface area contributed by atoms with Crippen molar-refractivity contribution in [3.05, 3.63) is 84.1 Å². The predicted octanol–water partition coefficient (Wildman–Crippen LogP) is 6.98. The maximum atomic E-state index is 6.64. The van der Waals surface area contributed by atoms with E-state index in [-0.39, 0.29) is 5.41 Å². The average Bonchev–Trinajstić information content (AvgIpc) is 3.50. The lowest BCUT2D eigenvalue weighted by Gasteiger charge is -2.32. The third-order valence-corrected chi connectivity index (χ3v) is 8.60. The van der Waals surface area contributed by atoms with Gasteiger partial charge in [-0.25, -0.2) is 0 Å². The number of hydrogen-bond acceptors (Lipinski definition) is 3. The van der Waals surface area contributed by atoms with E-state index in [1.165, 1.54) is 22.4 Å². The topological polar surface area (TPSA) is 36.5 Å². The highest BCUT2D eigenvalue weighted by Gasteiger charge is 2.52. The minimum Gasteiger partial charge on any atom is -0.454 e. The summed E-state index contributed by atoms with van der Waals surface area (Å²) in [6.45, 7) is 13.0. The van der Waals surface area contributed by atoms with Crippen molar-refractivity contribution in [3.8, 4) is 16.8 Å². The van der Waals surface area contributed by atoms with Gasteiger partial charge in [0.2, 0.25) is 0 Å². The molecule has 0 N–H and O–H groups in total. The lowest BCUT2D eigenvalue weighted by atomic mass is 9.78. The zero-order valence-electron chi connectivity index (χ0n) is 21.7. The molecule has 0 bridgehead atoms. The second kappa shape index (κ2) is 6.93. The molecule has 0 atom stereocenters. The molecule has 0 amide bonds. The quantitative estimate of drug-likeness (QED) is 0.259. The number of nitrogens with zero attached hydrogens (tertiary/aromatic N) is 1. The molecule has 2 aromatic heterocycles. The van der Waals surface area contributed by atoms with Crippen LogP contribution in [0.25, 0.3) is 38.9 Å². The standard InChI is InChI=1S/C31H30BNO3/c1-29(2)23-15-11-10-14-21(23)25-27-26(33(28(25)29)20-12-8-7-9-13-20)22-18-19(16-17-24(22)34-27)32-35-30(3,4)31(5,6)36-32/h7-18H,1-6H3. The Hall–Kier alpha value is -3.28. The predicted molar refractivity (Wildman–Crippen MR) is 146 cm³/mol. The molecule has 2 aliphatic rings. The molecule has 0 radical (unpaired) electrons. The van der Waals surface area contributed by atoms with E-state index in [0.29, 0.717) is 0 Å². The third kappa shape index (κ3) is 2.73. The molecule has 3 aromatic carbocycles. The molecule has 3 heterocycles. The van der Waals surface area contributed by atoms with Gasteiger partial charge in [0.05, 0.1) is 11.2 Å². The van der Waals surface area contributed by atoms with Crippen molar-refractivity contribution in [1.82, 2.24) is 4.57 Å². The number of aromatic nitrogens is 1. The largest absolute Gasteiger partial charge is 0.494 e. The normalized spacial score (nSPS) is 19.2. The Balaban J connectivity index is 1.54. The second-order valence-electron chi connectivity index (χ2n) is 11.7. The van der Waals surface area contributed by atoms with E-state index in [4.69, 9.17) is 13.7 Å². The second-order valence-corrected chi connectivity index (χ2v) is 11.7. The Morgan fingerprint density at radius 2 is 1.42 bits per heavy atom. The van der Waals surface area contributed by atoms with Gasteiger partial charge in [0.1, 0.15) is 11.1 Å². The lowest BCUT2D eigenvalue weighted by Crippen LogP contribution is -2.41. The third-order valence-electron chi connectivity index (χ3n) is 8.60. The molecule has 0 unspecified atom stereocenters. The molecular weight excluding hydrogens is 445 g/mol. The van der Waals surface area contributed by atoms with Crippen LogP contribution in [0.15, 0.2) is 77.2 Å². The molecule has 0 saturated carbocycles. The van der Waals surface area contributed by atoms with E-state index in [9.17, 15) is 0 Å². The number of para-hydroxylation sites is 1. The zero-order valence-corrected chi connectivity index (χ0v) is 21.7. The van der Waals surface area contributed by atoms with Gasteiger partial charge in [0.15, 0.2) is 5.58 Å². The van der Waals surface area contributed by atoms with Gasteiger partial charge >= 0.3 is 7.12 Å². The first-order valence-corrected chi connectivity index (χ1v) is 12.7. The molecule has 5 heteroatoms. The van der Waals surface area contributed by atoms with Gasteiger partial charge < -0.3 is 18.3 Å². The van der Waals surface area contributed by atoms with Gasteiger partial charge in [0.25, 0.3) is 0 Å². The summed E-state index contributed by atoms with van der Waals surface area (Å²) in [5, 5.41) is 1.07. The molecule has 5 aromatic rings. The fourth-order valence-electron chi connectivity index (χ4n) is 6.00. The van der Waals surface area contributed by atoms with E-state index >= 15 is 0 Å². The summed E-state index contributed by atoms with van der Waals surface area (Å²) in [6.07, 6.45) is 0. The Labute approximate surface area is 212 Å². The van der Waals surface area contributed by atoms with Crippen LogP contribution in [0.4, 0.5) is 0 Å². The first-order chi connectivity index (χ1) is 17.1. The van der Waals surface area contributed by atoms with E-state index in [1.54, 1.807) is 0 Å². The minimum atomic E-state index is -0.423. The smallest absolute Gasteiger partial charge is 0.454 e. The van der Waals surface area contributed by atoms with Crippen LogP contribution in [0.5, 0.6) is 0 Å². The highest BCUT2D eigenvalue weighted by atomic mass is 16.7. The van der Waals surface area contributed by atoms with Gasteiger partial charge in [-0.1, -0.05) is 62.4 Å². The van der Waals surface area contributed by atoms with Crippen molar-refractivity contribution in [2.45, 2.75) is 58.2 Å². The molecular formula is C31H30BNO3. The molecule has 180 valence electrons. The summed E-state index contributed by atoms with van der Waals surface area (Å²) in [5.74, 6) is 0. The van der Waals surface area contributed by atoms with Crippen LogP contribution in [0.1, 0.15) is 52.8 Å². The summed E-state index contributed by atoms with van der Waals surface area (Å²) < 4.78 is 21.8. The number of furan rings is 1. The Morgan fingerprint density at radius 1 is 0.750 bits per heavy atom. The fraction of sp³-hybridized carbons (Fsp3) is 0.290. The Kier molecular flexibility index (Phi) is 4.23. The lowest BCUT2D eigenvalue weighted by molar-refractivity contribution is 0.00578. The summed E-state index contributed by atoms with van der Waals surface area (Å²) in [5.41, 5.74) is 9.15. The number of benzene rings is 3. The SMILES string of the molecule is CC1(C)c2ccccc2-c2c1n(-c1ccccc1)c1c2oc2ccc(B3OC(C)(C)C(C)(C)O3)cc21. The summed E-state index contributed by atoms with van der Waals surface area (Å²) in [4.78, 5) is 0. The Bertz CT molecular complexity index is 1660. The van der Waals surface area contributed by atoms with E-state index in [1.807, 2.05) is 0 Å². The van der Waals surface area contributed by atoms with Crippen LogP contribution in [0.3, 0.4) is 0 Å². The van der Waals surface area contributed by atoms with Crippen LogP contribution < -0.4 is 5.46 Å². The summed E-state index contributed by atoms with van der Waals surface area (Å²) in [7, 11) is -0.423. The molecule has 0 spiro atoms. The molecule has 1 aliphatic heterocycles. The molecule has 4 nitrogen and oxygen atoms in total. The highest BCUT2D eigenvalue weighted by molar-refractivity contribution is 6.62. The monoisotopic (exact) mass is 475 g/mol. The van der Waals surface area contributed by atoms with Crippen molar-refractivity contribution in [3.63, 3.8) is 0 Å². The summed E-state index contributed by atoms with van der Waals surface area (Å²) in [6, 6.07) is 25.6. The highest BCUT2D eigenvalue weighted by Crippen LogP contribution is 2.55. The van der Waals surface area contributed by atoms with Gasteiger partial charge in [0, 0.05) is 27.7 Å². The molecule has 36 heavy (non-hydrogen) atoms. The first-order valence-electron chi connectivity index (χ1n) is 12.7. The Morgan fingerprint density at radius 3 is 2.14 bits per heavy atom. The minimum absolute atomic E-state index is 0.168. The van der Waals surface area contributed by atoms with Crippen LogP contribution in [0, 0.1) is 0 Å². The van der Waals surface area contributed by atoms with Gasteiger partial charge in [-0.3, -0.25) is 0 Å².